The first-order chi connectivity index (χ1) is 17.6. The standard InChI is InChI=1S/C24H25Cl2N3O6S2/c1-3-34-20(30)14-29-21-18(25)10-11-19(26)22(21)36-24(29)27-23(31)15-6-8-17(9-7-15)37(32,33)28(2)13-16-5-4-12-35-16/h6-11,16H,3-5,12-14H2,1-2H3. The van der Waals surface area contributed by atoms with Crippen molar-refractivity contribution in [3.8, 4) is 0 Å². The number of hydrogen-bond donors (Lipinski definition) is 0. The summed E-state index contributed by atoms with van der Waals surface area (Å²) in [6.45, 7) is 2.57. The van der Waals surface area contributed by atoms with Crippen LogP contribution in [0.2, 0.25) is 10.0 Å². The van der Waals surface area contributed by atoms with E-state index in [0.717, 1.165) is 24.2 Å². The van der Waals surface area contributed by atoms with Gasteiger partial charge in [0.05, 0.1) is 37.9 Å². The van der Waals surface area contributed by atoms with Crippen molar-refractivity contribution in [2.75, 3.05) is 26.8 Å². The molecule has 1 aliphatic rings. The predicted molar refractivity (Wildman–Crippen MR) is 142 cm³/mol. The van der Waals surface area contributed by atoms with Gasteiger partial charge in [0, 0.05) is 25.8 Å². The third kappa shape index (κ3) is 6.08. The first-order valence-corrected chi connectivity index (χ1v) is 14.5. The lowest BCUT2D eigenvalue weighted by molar-refractivity contribution is -0.143. The average molecular weight is 587 g/mol. The third-order valence-corrected chi connectivity index (χ3v) is 9.49. The second-order valence-corrected chi connectivity index (χ2v) is 12.2. The Morgan fingerprint density at radius 1 is 1.19 bits per heavy atom. The minimum absolute atomic E-state index is 0.0577. The Morgan fingerprint density at radius 3 is 2.54 bits per heavy atom. The van der Waals surface area contributed by atoms with Crippen LogP contribution in [0, 0.1) is 0 Å². The van der Waals surface area contributed by atoms with Gasteiger partial charge in [0.15, 0.2) is 4.80 Å². The third-order valence-electron chi connectivity index (χ3n) is 5.81. The van der Waals surface area contributed by atoms with Crippen LogP contribution >= 0.6 is 34.5 Å². The van der Waals surface area contributed by atoms with E-state index < -0.39 is 21.9 Å². The topological polar surface area (TPSA) is 107 Å². The Kier molecular flexibility index (Phi) is 8.72. The van der Waals surface area contributed by atoms with Gasteiger partial charge < -0.3 is 14.0 Å². The zero-order chi connectivity index (χ0) is 26.7. The normalized spacial score (nSPS) is 16.6. The summed E-state index contributed by atoms with van der Waals surface area (Å²) in [6.07, 6.45) is 1.61. The molecule has 0 spiro atoms. The summed E-state index contributed by atoms with van der Waals surface area (Å²) in [4.78, 5) is 29.7. The summed E-state index contributed by atoms with van der Waals surface area (Å²) in [5.41, 5.74) is 0.646. The molecule has 2 heterocycles. The molecule has 1 unspecified atom stereocenters. The largest absolute Gasteiger partial charge is 0.465 e. The van der Waals surface area contributed by atoms with E-state index in [0.29, 0.717) is 26.9 Å². The number of halogens is 2. The highest BCUT2D eigenvalue weighted by Gasteiger charge is 2.26. The molecule has 9 nitrogen and oxygen atoms in total. The maximum Gasteiger partial charge on any atom is 0.326 e. The Morgan fingerprint density at radius 2 is 1.89 bits per heavy atom. The van der Waals surface area contributed by atoms with Crippen LogP contribution in [0.15, 0.2) is 46.3 Å². The minimum Gasteiger partial charge on any atom is -0.465 e. The number of nitrogens with zero attached hydrogens (tertiary/aromatic N) is 3. The molecule has 1 amide bonds. The average Bonchev–Trinajstić information content (AvgIpc) is 3.50. The summed E-state index contributed by atoms with van der Waals surface area (Å²) >= 11 is 13.8. The zero-order valence-electron chi connectivity index (χ0n) is 20.1. The molecule has 1 aromatic heterocycles. The van der Waals surface area contributed by atoms with E-state index in [-0.39, 0.29) is 41.1 Å². The van der Waals surface area contributed by atoms with Gasteiger partial charge in [-0.2, -0.15) is 9.30 Å². The molecule has 1 atom stereocenters. The van der Waals surface area contributed by atoms with Gasteiger partial charge >= 0.3 is 5.97 Å². The number of carbonyl (C=O) groups is 2. The number of hydrogen-bond acceptors (Lipinski definition) is 7. The Balaban J connectivity index is 1.64. The molecule has 13 heteroatoms. The zero-order valence-corrected chi connectivity index (χ0v) is 23.3. The highest BCUT2D eigenvalue weighted by Crippen LogP contribution is 2.32. The van der Waals surface area contributed by atoms with E-state index in [1.165, 1.54) is 40.2 Å². The maximum atomic E-state index is 13.0. The van der Waals surface area contributed by atoms with Crippen molar-refractivity contribution in [1.82, 2.24) is 8.87 Å². The Hall–Kier alpha value is -2.28. The van der Waals surface area contributed by atoms with Crippen LogP contribution in [-0.2, 0) is 30.8 Å². The molecule has 198 valence electrons. The van der Waals surface area contributed by atoms with Crippen molar-refractivity contribution in [1.29, 1.82) is 0 Å². The van der Waals surface area contributed by atoms with E-state index in [1.807, 2.05) is 0 Å². The minimum atomic E-state index is -3.75. The van der Waals surface area contributed by atoms with E-state index in [1.54, 1.807) is 19.1 Å². The molecule has 0 aliphatic carbocycles. The van der Waals surface area contributed by atoms with Crippen LogP contribution < -0.4 is 4.80 Å². The first-order valence-electron chi connectivity index (χ1n) is 11.5. The number of benzene rings is 2. The van der Waals surface area contributed by atoms with Gasteiger partial charge in [0.25, 0.3) is 5.91 Å². The molecule has 1 aliphatic heterocycles. The first kappa shape index (κ1) is 27.7. The lowest BCUT2D eigenvalue weighted by Crippen LogP contribution is -2.34. The van der Waals surface area contributed by atoms with Crippen LogP contribution in [0.5, 0.6) is 0 Å². The molecule has 0 N–H and O–H groups in total. The second-order valence-electron chi connectivity index (χ2n) is 8.34. The molecule has 37 heavy (non-hydrogen) atoms. The number of rotatable bonds is 8. The van der Waals surface area contributed by atoms with Crippen molar-refractivity contribution in [2.24, 2.45) is 4.99 Å². The molecule has 2 aromatic carbocycles. The lowest BCUT2D eigenvalue weighted by atomic mass is 10.2. The quantitative estimate of drug-likeness (QED) is 0.368. The van der Waals surface area contributed by atoms with Crippen molar-refractivity contribution >= 4 is 66.7 Å². The fourth-order valence-corrected chi connectivity index (χ4v) is 6.80. The number of thiazole rings is 1. The van der Waals surface area contributed by atoms with Crippen LogP contribution in [-0.4, -0.2) is 62.1 Å². The number of esters is 1. The highest BCUT2D eigenvalue weighted by atomic mass is 35.5. The van der Waals surface area contributed by atoms with Gasteiger partial charge in [-0.25, -0.2) is 8.42 Å². The highest BCUT2D eigenvalue weighted by molar-refractivity contribution is 7.89. The van der Waals surface area contributed by atoms with Crippen LogP contribution in [0.4, 0.5) is 0 Å². The van der Waals surface area contributed by atoms with Crippen LogP contribution in [0.1, 0.15) is 30.1 Å². The predicted octanol–water partition coefficient (Wildman–Crippen LogP) is 4.11. The number of fused-ring (bicyclic) bond motifs is 1. The number of aromatic nitrogens is 1. The van der Waals surface area contributed by atoms with E-state index >= 15 is 0 Å². The number of likely N-dealkylation sites (N-methyl/N-ethyl adjacent to an activating group) is 1. The van der Waals surface area contributed by atoms with Crippen LogP contribution in [0.3, 0.4) is 0 Å². The molecule has 0 bridgehead atoms. The van der Waals surface area contributed by atoms with E-state index in [9.17, 15) is 18.0 Å². The van der Waals surface area contributed by atoms with Gasteiger partial charge in [-0.3, -0.25) is 9.59 Å². The summed E-state index contributed by atoms with van der Waals surface area (Å²) in [5.74, 6) is -1.14. The lowest BCUT2D eigenvalue weighted by Gasteiger charge is -2.20. The molecule has 1 saturated heterocycles. The molecule has 4 rings (SSSR count). The fraction of sp³-hybridized carbons (Fsp3) is 0.375. The molecular formula is C24H25Cl2N3O6S2. The van der Waals surface area contributed by atoms with Crippen LogP contribution in [0.25, 0.3) is 10.2 Å². The number of ether oxygens (including phenoxy) is 2. The van der Waals surface area contributed by atoms with Gasteiger partial charge in [-0.15, -0.1) is 0 Å². The van der Waals surface area contributed by atoms with Crippen molar-refractivity contribution in [2.45, 2.75) is 37.3 Å². The molecule has 1 fully saturated rings. The van der Waals surface area contributed by atoms with E-state index in [2.05, 4.69) is 4.99 Å². The van der Waals surface area contributed by atoms with E-state index in [4.69, 9.17) is 32.7 Å². The SMILES string of the molecule is CCOC(=O)Cn1c(=NC(=O)c2ccc(S(=O)(=O)N(C)CC3CCCO3)cc2)sc2c(Cl)ccc(Cl)c21. The summed E-state index contributed by atoms with van der Waals surface area (Å²) < 4.78 is 39.8. The Bertz CT molecular complexity index is 1490. The fourth-order valence-electron chi connectivity index (χ4n) is 3.95. The second kappa shape index (κ2) is 11.6. The molecular weight excluding hydrogens is 561 g/mol. The molecule has 0 saturated carbocycles. The van der Waals surface area contributed by atoms with Crippen molar-refractivity contribution in [3.63, 3.8) is 0 Å². The van der Waals surface area contributed by atoms with Crippen molar-refractivity contribution in [3.05, 3.63) is 56.8 Å². The summed E-state index contributed by atoms with van der Waals surface area (Å²) in [5, 5.41) is 0.744. The van der Waals surface area contributed by atoms with Gasteiger partial charge in [0.1, 0.15) is 6.54 Å². The Labute approximate surface area is 228 Å². The maximum absolute atomic E-state index is 13.0. The number of carbonyl (C=O) groups excluding carboxylic acids is 2. The monoisotopic (exact) mass is 585 g/mol. The smallest absolute Gasteiger partial charge is 0.326 e. The van der Waals surface area contributed by atoms with Crippen molar-refractivity contribution < 1.29 is 27.5 Å². The summed E-state index contributed by atoms with van der Waals surface area (Å²) in [6, 6.07) is 8.77. The number of amides is 1. The molecule has 0 radical (unpaired) electrons. The summed E-state index contributed by atoms with van der Waals surface area (Å²) in [7, 11) is -2.25. The number of sulfonamides is 1. The van der Waals surface area contributed by atoms with Gasteiger partial charge in [-0.1, -0.05) is 34.5 Å². The molecule has 3 aromatic rings. The van der Waals surface area contributed by atoms with Gasteiger partial charge in [0.2, 0.25) is 10.0 Å². The van der Waals surface area contributed by atoms with Gasteiger partial charge in [-0.05, 0) is 56.2 Å².